The van der Waals surface area contributed by atoms with Gasteiger partial charge in [0.2, 0.25) is 5.91 Å². The van der Waals surface area contributed by atoms with Crippen molar-refractivity contribution in [3.05, 3.63) is 60.3 Å². The molecule has 2 aromatic rings. The minimum atomic E-state index is -0.118. The van der Waals surface area contributed by atoms with Gasteiger partial charge in [-0.25, -0.2) is 4.98 Å². The number of hydrogen-bond donors (Lipinski definition) is 0. The van der Waals surface area contributed by atoms with Crippen molar-refractivity contribution < 1.29 is 4.79 Å². The van der Waals surface area contributed by atoms with Crippen LogP contribution in [0.2, 0.25) is 0 Å². The van der Waals surface area contributed by atoms with Crippen LogP contribution in [-0.2, 0) is 10.2 Å². The molecular weight excluding hydrogens is 370 g/mol. The topological polar surface area (TPSA) is 36.4 Å². The third kappa shape index (κ3) is 2.87. The van der Waals surface area contributed by atoms with E-state index in [1.54, 1.807) is 0 Å². The number of amides is 1. The molecule has 0 radical (unpaired) electrons. The average Bonchev–Trinajstić information content (AvgIpc) is 2.79. The highest BCUT2D eigenvalue weighted by molar-refractivity contribution is 5.84. The lowest BCUT2D eigenvalue weighted by Gasteiger charge is -2.62. The first-order valence-corrected chi connectivity index (χ1v) is 11.7. The number of pyridine rings is 1. The van der Waals surface area contributed by atoms with Crippen LogP contribution in [0.25, 0.3) is 0 Å². The largest absolute Gasteiger partial charge is 0.353 e. The molecule has 1 aliphatic heterocycles. The molecule has 156 valence electrons. The van der Waals surface area contributed by atoms with E-state index in [1.807, 2.05) is 18.3 Å². The van der Waals surface area contributed by atoms with E-state index >= 15 is 0 Å². The predicted molar refractivity (Wildman–Crippen MR) is 118 cm³/mol. The Kier molecular flexibility index (Phi) is 4.19. The maximum Gasteiger partial charge on any atom is 0.228 e. The molecule has 4 aliphatic carbocycles. The quantitative estimate of drug-likeness (QED) is 0.771. The van der Waals surface area contributed by atoms with Crippen molar-refractivity contribution in [2.45, 2.75) is 43.9 Å². The molecule has 0 N–H and O–H groups in total. The van der Waals surface area contributed by atoms with E-state index in [0.717, 1.165) is 63.1 Å². The maximum atomic E-state index is 14.0. The monoisotopic (exact) mass is 401 g/mol. The second-order valence-electron chi connectivity index (χ2n) is 10.4. The van der Waals surface area contributed by atoms with Gasteiger partial charge in [0.1, 0.15) is 5.82 Å². The Morgan fingerprint density at radius 1 is 0.867 bits per heavy atom. The van der Waals surface area contributed by atoms with Crippen LogP contribution in [0.1, 0.15) is 44.1 Å². The Morgan fingerprint density at radius 3 is 2.23 bits per heavy atom. The number of nitrogens with zero attached hydrogens (tertiary/aromatic N) is 3. The number of piperazine rings is 1. The normalized spacial score (nSPS) is 34.9. The molecular formula is C26H31N3O. The van der Waals surface area contributed by atoms with Crippen LogP contribution < -0.4 is 4.90 Å². The van der Waals surface area contributed by atoms with Crippen molar-refractivity contribution in [3.63, 3.8) is 0 Å². The smallest absolute Gasteiger partial charge is 0.228 e. The molecule has 4 bridgehead atoms. The number of rotatable bonds is 3. The molecule has 4 nitrogen and oxygen atoms in total. The first kappa shape index (κ1) is 18.4. The van der Waals surface area contributed by atoms with Gasteiger partial charge >= 0.3 is 0 Å². The Balaban J connectivity index is 1.23. The van der Waals surface area contributed by atoms with Crippen molar-refractivity contribution >= 4 is 11.7 Å². The molecule has 1 aromatic carbocycles. The van der Waals surface area contributed by atoms with Gasteiger partial charge < -0.3 is 9.80 Å². The molecule has 1 aromatic heterocycles. The maximum absolute atomic E-state index is 14.0. The Morgan fingerprint density at radius 2 is 1.57 bits per heavy atom. The summed E-state index contributed by atoms with van der Waals surface area (Å²) in [4.78, 5) is 23.0. The predicted octanol–water partition coefficient (Wildman–Crippen LogP) is 4.27. The molecule has 1 amide bonds. The van der Waals surface area contributed by atoms with Crippen LogP contribution >= 0.6 is 0 Å². The van der Waals surface area contributed by atoms with Crippen LogP contribution in [0.3, 0.4) is 0 Å². The third-order valence-electron chi connectivity index (χ3n) is 8.44. The first-order valence-electron chi connectivity index (χ1n) is 11.7. The highest BCUT2D eigenvalue weighted by atomic mass is 16.2. The summed E-state index contributed by atoms with van der Waals surface area (Å²) in [5, 5.41) is 0. The molecule has 2 unspecified atom stereocenters. The number of carbonyl (C=O) groups is 1. The minimum Gasteiger partial charge on any atom is -0.353 e. The van der Waals surface area contributed by atoms with Gasteiger partial charge in [0.25, 0.3) is 0 Å². The molecule has 1 saturated heterocycles. The number of hydrogen-bond acceptors (Lipinski definition) is 3. The molecule has 2 atom stereocenters. The second-order valence-corrected chi connectivity index (χ2v) is 10.4. The summed E-state index contributed by atoms with van der Waals surface area (Å²) in [6.45, 7) is 3.42. The molecule has 4 heteroatoms. The summed E-state index contributed by atoms with van der Waals surface area (Å²) in [6.07, 6.45) is 9.08. The molecule has 5 aliphatic rings. The van der Waals surface area contributed by atoms with Crippen molar-refractivity contribution in [2.75, 3.05) is 31.1 Å². The van der Waals surface area contributed by atoms with E-state index in [9.17, 15) is 4.79 Å². The van der Waals surface area contributed by atoms with E-state index in [-0.39, 0.29) is 10.8 Å². The summed E-state index contributed by atoms with van der Waals surface area (Å²) in [6, 6.07) is 17.2. The van der Waals surface area contributed by atoms with E-state index in [1.165, 1.54) is 24.8 Å². The molecule has 7 rings (SSSR count). The zero-order valence-corrected chi connectivity index (χ0v) is 17.7. The van der Waals surface area contributed by atoms with Gasteiger partial charge in [-0.2, -0.15) is 0 Å². The van der Waals surface area contributed by atoms with Crippen molar-refractivity contribution in [2.24, 2.45) is 17.3 Å². The second kappa shape index (κ2) is 6.83. The fourth-order valence-corrected chi connectivity index (χ4v) is 7.66. The van der Waals surface area contributed by atoms with E-state index < -0.39 is 0 Å². The first-order chi connectivity index (χ1) is 14.7. The SMILES string of the molecule is O=C(N1CCN(c2ccccn2)CC1)C12CC3CC(C1)CC(c1ccccc1)(C3)C2. The van der Waals surface area contributed by atoms with Gasteiger partial charge in [0.05, 0.1) is 5.41 Å². The van der Waals surface area contributed by atoms with Crippen molar-refractivity contribution in [3.8, 4) is 0 Å². The highest BCUT2D eigenvalue weighted by Crippen LogP contribution is 2.66. The molecule has 0 spiro atoms. The lowest BCUT2D eigenvalue weighted by molar-refractivity contribution is -0.160. The van der Waals surface area contributed by atoms with Gasteiger partial charge in [-0.3, -0.25) is 4.79 Å². The Bertz CT molecular complexity index is 906. The third-order valence-corrected chi connectivity index (χ3v) is 8.44. The molecule has 30 heavy (non-hydrogen) atoms. The molecule has 2 heterocycles. The summed E-state index contributed by atoms with van der Waals surface area (Å²) >= 11 is 0. The zero-order valence-electron chi connectivity index (χ0n) is 17.7. The van der Waals surface area contributed by atoms with E-state index in [4.69, 9.17) is 0 Å². The lowest BCUT2D eigenvalue weighted by Crippen LogP contribution is -2.61. The Labute approximate surface area is 179 Å². The van der Waals surface area contributed by atoms with Crippen LogP contribution in [0.4, 0.5) is 5.82 Å². The lowest BCUT2D eigenvalue weighted by atomic mass is 9.42. The van der Waals surface area contributed by atoms with Crippen LogP contribution in [0, 0.1) is 17.3 Å². The van der Waals surface area contributed by atoms with Gasteiger partial charge in [-0.1, -0.05) is 36.4 Å². The molecule has 5 fully saturated rings. The fraction of sp³-hybridized carbons (Fsp3) is 0.538. The van der Waals surface area contributed by atoms with Crippen molar-refractivity contribution in [1.29, 1.82) is 0 Å². The summed E-state index contributed by atoms with van der Waals surface area (Å²) in [5.41, 5.74) is 1.60. The van der Waals surface area contributed by atoms with E-state index in [2.05, 4.69) is 51.2 Å². The number of carbonyl (C=O) groups excluding carboxylic acids is 1. The van der Waals surface area contributed by atoms with Gasteiger partial charge in [-0.15, -0.1) is 0 Å². The van der Waals surface area contributed by atoms with Crippen LogP contribution in [0.15, 0.2) is 54.7 Å². The van der Waals surface area contributed by atoms with Gasteiger partial charge in [0, 0.05) is 32.4 Å². The zero-order chi connectivity index (χ0) is 20.2. The van der Waals surface area contributed by atoms with Crippen LogP contribution in [-0.4, -0.2) is 42.0 Å². The summed E-state index contributed by atoms with van der Waals surface area (Å²) < 4.78 is 0. The summed E-state index contributed by atoms with van der Waals surface area (Å²) in [7, 11) is 0. The standard InChI is InChI=1S/C26H31N3O/c30-24(29-12-10-28(11-13-29)23-8-4-5-9-27-23)26-17-20-14-21(18-26)16-25(15-20,19-26)22-6-2-1-3-7-22/h1-9,20-21H,10-19H2. The number of benzene rings is 1. The van der Waals surface area contributed by atoms with Gasteiger partial charge in [0.15, 0.2) is 0 Å². The number of aromatic nitrogens is 1. The van der Waals surface area contributed by atoms with Crippen LogP contribution in [0.5, 0.6) is 0 Å². The minimum absolute atomic E-state index is 0.118. The molecule has 4 saturated carbocycles. The highest BCUT2D eigenvalue weighted by Gasteiger charge is 2.61. The summed E-state index contributed by atoms with van der Waals surface area (Å²) in [5.74, 6) is 2.94. The van der Waals surface area contributed by atoms with Gasteiger partial charge in [-0.05, 0) is 73.5 Å². The van der Waals surface area contributed by atoms with E-state index in [0.29, 0.717) is 5.91 Å². The average molecular weight is 402 g/mol. The number of anilines is 1. The Hall–Kier alpha value is -2.36. The van der Waals surface area contributed by atoms with Crippen molar-refractivity contribution in [1.82, 2.24) is 9.88 Å². The fourth-order valence-electron chi connectivity index (χ4n) is 7.66.